The first kappa shape index (κ1) is 16.2. The highest BCUT2D eigenvalue weighted by Gasteiger charge is 2.41. The maximum absolute atomic E-state index is 12.4. The van der Waals surface area contributed by atoms with Crippen LogP contribution in [0.1, 0.15) is 44.9 Å². The van der Waals surface area contributed by atoms with E-state index in [2.05, 4.69) is 10.6 Å². The third-order valence-corrected chi connectivity index (χ3v) is 4.27. The summed E-state index contributed by atoms with van der Waals surface area (Å²) >= 11 is 0. The SMILES string of the molecule is Cl.NCC1(C(=O)NC2CCCCNC2=O)CCCC1. The average molecular weight is 290 g/mol. The molecule has 1 aliphatic heterocycles. The van der Waals surface area contributed by atoms with E-state index in [1.807, 2.05) is 0 Å². The van der Waals surface area contributed by atoms with E-state index in [1.165, 1.54) is 0 Å². The Bertz CT molecular complexity index is 330. The standard InChI is InChI=1S/C13H23N3O2.ClH/c14-9-13(6-2-3-7-13)12(18)16-10-5-1-4-8-15-11(10)17;/h10H,1-9,14H2,(H,15,17)(H,16,18);1H. The zero-order valence-electron chi connectivity index (χ0n) is 11.2. The number of hydrogen-bond acceptors (Lipinski definition) is 3. The smallest absolute Gasteiger partial charge is 0.242 e. The zero-order chi connectivity index (χ0) is 13.0. The van der Waals surface area contributed by atoms with E-state index >= 15 is 0 Å². The van der Waals surface area contributed by atoms with Crippen molar-refractivity contribution in [2.45, 2.75) is 51.0 Å². The Labute approximate surface area is 120 Å². The van der Waals surface area contributed by atoms with Gasteiger partial charge >= 0.3 is 0 Å². The van der Waals surface area contributed by atoms with Gasteiger partial charge in [-0.2, -0.15) is 0 Å². The van der Waals surface area contributed by atoms with Gasteiger partial charge in [0.15, 0.2) is 0 Å². The fraction of sp³-hybridized carbons (Fsp3) is 0.846. The molecule has 0 bridgehead atoms. The molecule has 0 spiro atoms. The molecule has 5 nitrogen and oxygen atoms in total. The first-order valence-corrected chi connectivity index (χ1v) is 6.97. The molecule has 19 heavy (non-hydrogen) atoms. The summed E-state index contributed by atoms with van der Waals surface area (Å²) in [4.78, 5) is 24.2. The summed E-state index contributed by atoms with van der Waals surface area (Å²) in [6.45, 7) is 1.10. The van der Waals surface area contributed by atoms with Gasteiger partial charge in [0.1, 0.15) is 6.04 Å². The summed E-state index contributed by atoms with van der Waals surface area (Å²) in [5.41, 5.74) is 5.35. The van der Waals surface area contributed by atoms with Crippen molar-refractivity contribution in [3.63, 3.8) is 0 Å². The van der Waals surface area contributed by atoms with Gasteiger partial charge in [0, 0.05) is 13.1 Å². The first-order valence-electron chi connectivity index (χ1n) is 6.97. The second-order valence-corrected chi connectivity index (χ2v) is 5.50. The fourth-order valence-corrected chi connectivity index (χ4v) is 2.96. The highest BCUT2D eigenvalue weighted by Crippen LogP contribution is 2.37. The van der Waals surface area contributed by atoms with Crippen molar-refractivity contribution in [2.75, 3.05) is 13.1 Å². The number of carbonyl (C=O) groups is 2. The summed E-state index contributed by atoms with van der Waals surface area (Å²) < 4.78 is 0. The zero-order valence-corrected chi connectivity index (χ0v) is 12.1. The van der Waals surface area contributed by atoms with Crippen molar-refractivity contribution >= 4 is 24.2 Å². The fourth-order valence-electron chi connectivity index (χ4n) is 2.96. The molecular weight excluding hydrogens is 266 g/mol. The van der Waals surface area contributed by atoms with Crippen molar-refractivity contribution in [1.29, 1.82) is 0 Å². The molecule has 1 saturated carbocycles. The van der Waals surface area contributed by atoms with E-state index in [9.17, 15) is 9.59 Å². The maximum Gasteiger partial charge on any atom is 0.242 e. The number of nitrogens with one attached hydrogen (secondary N) is 2. The lowest BCUT2D eigenvalue weighted by Crippen LogP contribution is -2.52. The molecule has 2 rings (SSSR count). The normalized spacial score (nSPS) is 25.9. The molecule has 2 fully saturated rings. The van der Waals surface area contributed by atoms with Crippen molar-refractivity contribution < 1.29 is 9.59 Å². The molecule has 1 aliphatic carbocycles. The molecule has 0 radical (unpaired) electrons. The third kappa shape index (κ3) is 3.60. The topological polar surface area (TPSA) is 84.2 Å². The van der Waals surface area contributed by atoms with Crippen LogP contribution in [0, 0.1) is 5.41 Å². The van der Waals surface area contributed by atoms with Crippen LogP contribution >= 0.6 is 12.4 Å². The Kier molecular flexibility index (Phi) is 6.07. The Morgan fingerprint density at radius 1 is 1.32 bits per heavy atom. The number of carbonyl (C=O) groups excluding carboxylic acids is 2. The Morgan fingerprint density at radius 3 is 2.63 bits per heavy atom. The van der Waals surface area contributed by atoms with Crippen LogP contribution in [0.2, 0.25) is 0 Å². The lowest BCUT2D eigenvalue weighted by atomic mass is 9.85. The van der Waals surface area contributed by atoms with E-state index in [-0.39, 0.29) is 30.3 Å². The summed E-state index contributed by atoms with van der Waals surface area (Å²) in [6.07, 6.45) is 6.51. The van der Waals surface area contributed by atoms with Gasteiger partial charge in [0.25, 0.3) is 0 Å². The van der Waals surface area contributed by atoms with Crippen molar-refractivity contribution in [3.8, 4) is 0 Å². The van der Waals surface area contributed by atoms with E-state index in [1.54, 1.807) is 0 Å². The molecule has 1 heterocycles. The highest BCUT2D eigenvalue weighted by molar-refractivity contribution is 5.90. The number of halogens is 1. The third-order valence-electron chi connectivity index (χ3n) is 4.27. The molecule has 1 saturated heterocycles. The van der Waals surface area contributed by atoms with Crippen LogP contribution in [0.25, 0.3) is 0 Å². The van der Waals surface area contributed by atoms with Crippen LogP contribution in [0.3, 0.4) is 0 Å². The minimum Gasteiger partial charge on any atom is -0.354 e. The van der Waals surface area contributed by atoms with Gasteiger partial charge in [0.05, 0.1) is 5.41 Å². The van der Waals surface area contributed by atoms with E-state index in [0.717, 1.165) is 44.9 Å². The van der Waals surface area contributed by atoms with Gasteiger partial charge in [-0.3, -0.25) is 9.59 Å². The van der Waals surface area contributed by atoms with Gasteiger partial charge in [-0.15, -0.1) is 12.4 Å². The van der Waals surface area contributed by atoms with E-state index < -0.39 is 5.41 Å². The second-order valence-electron chi connectivity index (χ2n) is 5.50. The molecule has 110 valence electrons. The lowest BCUT2D eigenvalue weighted by Gasteiger charge is -2.28. The van der Waals surface area contributed by atoms with Crippen molar-refractivity contribution in [2.24, 2.45) is 11.1 Å². The molecular formula is C13H24ClN3O2. The number of rotatable bonds is 3. The van der Waals surface area contributed by atoms with Gasteiger partial charge in [-0.05, 0) is 32.1 Å². The Morgan fingerprint density at radius 2 is 2.00 bits per heavy atom. The number of amides is 2. The maximum atomic E-state index is 12.4. The van der Waals surface area contributed by atoms with Gasteiger partial charge in [-0.25, -0.2) is 0 Å². The van der Waals surface area contributed by atoms with Crippen LogP contribution in [0.15, 0.2) is 0 Å². The Hall–Kier alpha value is -0.810. The van der Waals surface area contributed by atoms with Gasteiger partial charge in [0.2, 0.25) is 11.8 Å². The highest BCUT2D eigenvalue weighted by atomic mass is 35.5. The minimum atomic E-state index is -0.424. The molecule has 0 aromatic rings. The summed E-state index contributed by atoms with van der Waals surface area (Å²) in [5, 5.41) is 5.75. The van der Waals surface area contributed by atoms with Crippen LogP contribution in [0.5, 0.6) is 0 Å². The predicted molar refractivity (Wildman–Crippen MR) is 76.0 cm³/mol. The quantitative estimate of drug-likeness (QED) is 0.715. The largest absolute Gasteiger partial charge is 0.354 e. The molecule has 0 aromatic carbocycles. The second kappa shape index (κ2) is 7.10. The average Bonchev–Trinajstić information content (AvgIpc) is 2.78. The van der Waals surface area contributed by atoms with E-state index in [0.29, 0.717) is 13.1 Å². The van der Waals surface area contributed by atoms with Gasteiger partial charge < -0.3 is 16.4 Å². The molecule has 2 aliphatic rings. The van der Waals surface area contributed by atoms with Crippen molar-refractivity contribution in [1.82, 2.24) is 10.6 Å². The van der Waals surface area contributed by atoms with Crippen LogP contribution in [0.4, 0.5) is 0 Å². The molecule has 6 heteroatoms. The number of nitrogens with two attached hydrogens (primary N) is 1. The van der Waals surface area contributed by atoms with E-state index in [4.69, 9.17) is 5.73 Å². The van der Waals surface area contributed by atoms with Gasteiger partial charge in [-0.1, -0.05) is 12.8 Å². The molecule has 1 atom stereocenters. The molecule has 4 N–H and O–H groups in total. The Balaban J connectivity index is 0.00000180. The number of hydrogen-bond donors (Lipinski definition) is 3. The monoisotopic (exact) mass is 289 g/mol. The predicted octanol–water partition coefficient (Wildman–Crippen LogP) is 0.712. The van der Waals surface area contributed by atoms with Crippen LogP contribution in [-0.2, 0) is 9.59 Å². The summed E-state index contributed by atoms with van der Waals surface area (Å²) in [5.74, 6) is -0.0735. The molecule has 0 aromatic heterocycles. The summed E-state index contributed by atoms with van der Waals surface area (Å²) in [7, 11) is 0. The lowest BCUT2D eigenvalue weighted by molar-refractivity contribution is -0.134. The molecule has 2 amide bonds. The summed E-state index contributed by atoms with van der Waals surface area (Å²) in [6, 6.07) is -0.371. The molecule has 1 unspecified atom stereocenters. The minimum absolute atomic E-state index is 0. The van der Waals surface area contributed by atoms with Crippen LogP contribution < -0.4 is 16.4 Å². The van der Waals surface area contributed by atoms with Crippen molar-refractivity contribution in [3.05, 3.63) is 0 Å². The van der Waals surface area contributed by atoms with Crippen LogP contribution in [-0.4, -0.2) is 30.9 Å². The first-order chi connectivity index (χ1) is 8.68.